The molecule has 2 amide bonds. The largest absolute Gasteiger partial charge is 0.493 e. The van der Waals surface area contributed by atoms with Crippen LogP contribution < -0.4 is 29.7 Å². The smallest absolute Gasteiger partial charge is 0.259 e. The molecule has 0 spiro atoms. The third kappa shape index (κ3) is 6.13. The second kappa shape index (κ2) is 11.6. The summed E-state index contributed by atoms with van der Waals surface area (Å²) in [7, 11) is 1.57. The molecule has 9 nitrogen and oxygen atoms in total. The molecule has 0 saturated carbocycles. The number of carbonyl (C=O) groups is 2. The summed E-state index contributed by atoms with van der Waals surface area (Å²) in [5, 5.41) is 6.51. The predicted molar refractivity (Wildman–Crippen MR) is 119 cm³/mol. The molecule has 1 aliphatic rings. The van der Waals surface area contributed by atoms with Crippen molar-refractivity contribution in [2.45, 2.75) is 26.2 Å². The molecule has 1 heterocycles. The van der Waals surface area contributed by atoms with Gasteiger partial charge in [-0.3, -0.25) is 9.59 Å². The van der Waals surface area contributed by atoms with Crippen LogP contribution in [0.1, 0.15) is 42.1 Å². The summed E-state index contributed by atoms with van der Waals surface area (Å²) >= 11 is 0. The van der Waals surface area contributed by atoms with E-state index in [0.29, 0.717) is 40.7 Å². The van der Waals surface area contributed by atoms with Gasteiger partial charge in [0, 0.05) is 11.1 Å². The molecule has 2 aromatic carbocycles. The normalized spacial score (nSPS) is 11.9. The Bertz CT molecular complexity index is 976. The second-order valence-electron chi connectivity index (χ2n) is 6.98. The van der Waals surface area contributed by atoms with Crippen LogP contribution in [0.4, 0.5) is 0 Å². The van der Waals surface area contributed by atoms with Crippen molar-refractivity contribution in [2.75, 3.05) is 27.1 Å². The minimum Gasteiger partial charge on any atom is -0.493 e. The van der Waals surface area contributed by atoms with Crippen molar-refractivity contribution in [1.29, 1.82) is 0 Å². The van der Waals surface area contributed by atoms with Crippen LogP contribution in [0.15, 0.2) is 41.5 Å². The second-order valence-corrected chi connectivity index (χ2v) is 6.98. The number of ether oxygens (including phenoxy) is 4. The van der Waals surface area contributed by atoms with E-state index in [2.05, 4.69) is 22.8 Å². The standard InChI is InChI=1S/C23H27N3O6/c1-3-4-5-11-30-22-17(7-6-8-19(22)29-2)13-25-26-21(27)14-24-23(28)16-9-10-18-20(12-16)32-15-31-18/h6-10,12-13H,3-5,11,14-15H2,1-2H3,(H,24,28)(H,26,27)/b25-13-. The van der Waals surface area contributed by atoms with E-state index in [-0.39, 0.29) is 13.3 Å². The number of hydrogen-bond acceptors (Lipinski definition) is 7. The van der Waals surface area contributed by atoms with Crippen LogP contribution >= 0.6 is 0 Å². The number of rotatable bonds is 11. The fourth-order valence-electron chi connectivity index (χ4n) is 2.99. The van der Waals surface area contributed by atoms with Crippen LogP contribution in [0, 0.1) is 0 Å². The molecule has 0 saturated heterocycles. The molecule has 0 atom stereocenters. The van der Waals surface area contributed by atoms with Gasteiger partial charge in [-0.1, -0.05) is 25.8 Å². The lowest BCUT2D eigenvalue weighted by molar-refractivity contribution is -0.120. The van der Waals surface area contributed by atoms with Gasteiger partial charge in [0.15, 0.2) is 23.0 Å². The van der Waals surface area contributed by atoms with Crippen LogP contribution in [0.3, 0.4) is 0 Å². The fraction of sp³-hybridized carbons (Fsp3) is 0.348. The molecular weight excluding hydrogens is 414 g/mol. The van der Waals surface area contributed by atoms with Gasteiger partial charge in [0.05, 0.1) is 26.5 Å². The highest BCUT2D eigenvalue weighted by atomic mass is 16.7. The molecule has 0 radical (unpaired) electrons. The number of methoxy groups -OCH3 is 1. The van der Waals surface area contributed by atoms with Gasteiger partial charge in [-0.25, -0.2) is 5.43 Å². The molecule has 0 unspecified atom stereocenters. The van der Waals surface area contributed by atoms with Gasteiger partial charge in [-0.2, -0.15) is 5.10 Å². The number of para-hydroxylation sites is 1. The Morgan fingerprint density at radius 1 is 1.16 bits per heavy atom. The van der Waals surface area contributed by atoms with Gasteiger partial charge in [-0.15, -0.1) is 0 Å². The molecule has 9 heteroatoms. The number of nitrogens with one attached hydrogen (secondary N) is 2. The zero-order valence-electron chi connectivity index (χ0n) is 18.2. The third-order valence-electron chi connectivity index (χ3n) is 4.66. The number of benzene rings is 2. The van der Waals surface area contributed by atoms with Crippen molar-refractivity contribution < 1.29 is 28.5 Å². The first kappa shape index (κ1) is 22.9. The molecule has 0 fully saturated rings. The van der Waals surface area contributed by atoms with Gasteiger partial charge in [0.2, 0.25) is 6.79 Å². The third-order valence-corrected chi connectivity index (χ3v) is 4.66. The molecule has 32 heavy (non-hydrogen) atoms. The zero-order chi connectivity index (χ0) is 22.8. The highest BCUT2D eigenvalue weighted by Crippen LogP contribution is 2.32. The van der Waals surface area contributed by atoms with Gasteiger partial charge in [-0.05, 0) is 36.8 Å². The van der Waals surface area contributed by atoms with Crippen molar-refractivity contribution >= 4 is 18.0 Å². The predicted octanol–water partition coefficient (Wildman–Crippen LogP) is 2.87. The number of nitrogens with zero attached hydrogens (tertiary/aromatic N) is 1. The lowest BCUT2D eigenvalue weighted by atomic mass is 10.2. The van der Waals surface area contributed by atoms with E-state index in [0.717, 1.165) is 19.3 Å². The molecule has 0 aliphatic carbocycles. The highest BCUT2D eigenvalue weighted by molar-refractivity contribution is 5.97. The van der Waals surface area contributed by atoms with Crippen LogP contribution in [0.5, 0.6) is 23.0 Å². The first-order valence-electron chi connectivity index (χ1n) is 10.4. The molecule has 2 aromatic rings. The average Bonchev–Trinajstić information content (AvgIpc) is 3.28. The first-order valence-corrected chi connectivity index (χ1v) is 10.4. The first-order chi connectivity index (χ1) is 15.6. The van der Waals surface area contributed by atoms with Gasteiger partial charge >= 0.3 is 0 Å². The Morgan fingerprint density at radius 2 is 2.00 bits per heavy atom. The minimum absolute atomic E-state index is 0.125. The Kier molecular flexibility index (Phi) is 8.30. The maximum absolute atomic E-state index is 12.3. The summed E-state index contributed by atoms with van der Waals surface area (Å²) < 4.78 is 21.7. The van der Waals surface area contributed by atoms with Crippen molar-refractivity contribution in [3.8, 4) is 23.0 Å². The lowest BCUT2D eigenvalue weighted by Crippen LogP contribution is -2.34. The molecular formula is C23H27N3O6. The Labute approximate surface area is 186 Å². The molecule has 170 valence electrons. The number of fused-ring (bicyclic) bond motifs is 1. The quantitative estimate of drug-likeness (QED) is 0.315. The average molecular weight is 441 g/mol. The number of carbonyl (C=O) groups excluding carboxylic acids is 2. The molecule has 1 aliphatic heterocycles. The van der Waals surface area contributed by atoms with Gasteiger partial charge in [0.1, 0.15) is 0 Å². The van der Waals surface area contributed by atoms with E-state index < -0.39 is 11.8 Å². The van der Waals surface area contributed by atoms with E-state index in [4.69, 9.17) is 18.9 Å². The maximum Gasteiger partial charge on any atom is 0.259 e. The summed E-state index contributed by atoms with van der Waals surface area (Å²) in [4.78, 5) is 24.3. The Balaban J connectivity index is 1.52. The van der Waals surface area contributed by atoms with Gasteiger partial charge in [0.25, 0.3) is 11.8 Å². The van der Waals surface area contributed by atoms with E-state index >= 15 is 0 Å². The summed E-state index contributed by atoms with van der Waals surface area (Å²) in [6.07, 6.45) is 4.59. The van der Waals surface area contributed by atoms with Crippen molar-refractivity contribution in [2.24, 2.45) is 5.10 Å². The number of hydrogen-bond donors (Lipinski definition) is 2. The summed E-state index contributed by atoms with van der Waals surface area (Å²) in [6, 6.07) is 10.2. The van der Waals surface area contributed by atoms with Crippen LogP contribution in [0.2, 0.25) is 0 Å². The minimum atomic E-state index is -0.469. The molecule has 2 N–H and O–H groups in total. The van der Waals surface area contributed by atoms with E-state index in [1.54, 1.807) is 31.4 Å². The number of unbranched alkanes of at least 4 members (excludes halogenated alkanes) is 2. The van der Waals surface area contributed by atoms with E-state index in [1.807, 2.05) is 12.1 Å². The van der Waals surface area contributed by atoms with Crippen LogP contribution in [0.25, 0.3) is 0 Å². The lowest BCUT2D eigenvalue weighted by Gasteiger charge is -2.13. The monoisotopic (exact) mass is 441 g/mol. The molecule has 3 rings (SSSR count). The topological polar surface area (TPSA) is 107 Å². The highest BCUT2D eigenvalue weighted by Gasteiger charge is 2.16. The Hall–Kier alpha value is -3.75. The van der Waals surface area contributed by atoms with Crippen LogP contribution in [-0.2, 0) is 4.79 Å². The van der Waals surface area contributed by atoms with Gasteiger partial charge < -0.3 is 24.3 Å². The van der Waals surface area contributed by atoms with Crippen molar-refractivity contribution in [3.63, 3.8) is 0 Å². The number of amides is 2. The Morgan fingerprint density at radius 3 is 2.81 bits per heavy atom. The summed E-state index contributed by atoms with van der Waals surface area (Å²) in [5.41, 5.74) is 3.43. The molecule has 0 aromatic heterocycles. The summed E-state index contributed by atoms with van der Waals surface area (Å²) in [5.74, 6) is 1.37. The molecule has 0 bridgehead atoms. The van der Waals surface area contributed by atoms with Crippen LogP contribution in [-0.4, -0.2) is 45.1 Å². The number of hydrazone groups is 1. The SMILES string of the molecule is CCCCCOc1c(/C=N\NC(=O)CNC(=O)c2ccc3c(c2)OCO3)cccc1OC. The van der Waals surface area contributed by atoms with E-state index in [1.165, 1.54) is 6.21 Å². The van der Waals surface area contributed by atoms with E-state index in [9.17, 15) is 9.59 Å². The zero-order valence-corrected chi connectivity index (χ0v) is 18.2. The van der Waals surface area contributed by atoms with Crippen molar-refractivity contribution in [1.82, 2.24) is 10.7 Å². The maximum atomic E-state index is 12.3. The van der Waals surface area contributed by atoms with Crippen molar-refractivity contribution in [3.05, 3.63) is 47.5 Å². The fourth-order valence-corrected chi connectivity index (χ4v) is 2.99. The summed E-state index contributed by atoms with van der Waals surface area (Å²) in [6.45, 7) is 2.58.